The van der Waals surface area contributed by atoms with Crippen LogP contribution in [0.15, 0.2) is 158 Å². The number of pyridine rings is 3. The first-order valence-electron chi connectivity index (χ1n) is 15.6. The van der Waals surface area contributed by atoms with Crippen molar-refractivity contribution >= 4 is 0 Å². The van der Waals surface area contributed by atoms with Crippen LogP contribution in [0.1, 0.15) is 22.3 Å². The average molecular weight is 785 g/mol. The van der Waals surface area contributed by atoms with Crippen molar-refractivity contribution in [2.24, 2.45) is 0 Å². The SMILES string of the molecule is [Ir+3].[c-]1ccccc1-c1ccc(CCc2cccc(CCc3cc[c-]c(-c4ccccn4)c3)c2)cn1.[c-]1ccccc1-c1ccccn1. The van der Waals surface area contributed by atoms with E-state index in [4.69, 9.17) is 0 Å². The monoisotopic (exact) mass is 785 g/mol. The van der Waals surface area contributed by atoms with Gasteiger partial charge in [-0.3, -0.25) is 0 Å². The summed E-state index contributed by atoms with van der Waals surface area (Å²) in [7, 11) is 0. The van der Waals surface area contributed by atoms with Crippen molar-refractivity contribution in [3.63, 3.8) is 0 Å². The van der Waals surface area contributed by atoms with E-state index in [0.29, 0.717) is 0 Å². The first-order chi connectivity index (χ1) is 22.8. The number of aryl methyl sites for hydroxylation is 4. The van der Waals surface area contributed by atoms with Crippen molar-refractivity contribution in [3.8, 4) is 33.8 Å². The Morgan fingerprint density at radius 3 is 1.45 bits per heavy atom. The Labute approximate surface area is 291 Å². The molecule has 3 heterocycles. The second-order valence-corrected chi connectivity index (χ2v) is 11.0. The zero-order valence-electron chi connectivity index (χ0n) is 26.0. The van der Waals surface area contributed by atoms with E-state index in [-0.39, 0.29) is 20.1 Å². The second-order valence-electron chi connectivity index (χ2n) is 11.0. The summed E-state index contributed by atoms with van der Waals surface area (Å²) < 4.78 is 0. The fourth-order valence-electron chi connectivity index (χ4n) is 5.22. The third-order valence-electron chi connectivity index (χ3n) is 7.66. The maximum absolute atomic E-state index is 4.63. The van der Waals surface area contributed by atoms with Gasteiger partial charge in [0, 0.05) is 18.6 Å². The summed E-state index contributed by atoms with van der Waals surface area (Å²) in [5, 5.41) is 0. The Hall–Kier alpha value is -5.02. The molecule has 0 atom stereocenters. The van der Waals surface area contributed by atoms with Gasteiger partial charge in [-0.05, 0) is 71.6 Å². The van der Waals surface area contributed by atoms with Crippen LogP contribution in [-0.2, 0) is 45.8 Å². The molecule has 0 spiro atoms. The Kier molecular flexibility index (Phi) is 12.5. The van der Waals surface area contributed by atoms with Gasteiger partial charge in [0.25, 0.3) is 0 Å². The minimum absolute atomic E-state index is 0. The van der Waals surface area contributed by atoms with Crippen LogP contribution in [-0.4, -0.2) is 15.0 Å². The van der Waals surface area contributed by atoms with E-state index in [9.17, 15) is 0 Å². The van der Waals surface area contributed by atoms with Crippen LogP contribution in [0.3, 0.4) is 0 Å². The normalized spacial score (nSPS) is 10.3. The van der Waals surface area contributed by atoms with Crippen LogP contribution in [0.4, 0.5) is 0 Å². The Balaban J connectivity index is 0.000000280. The smallest absolute Gasteiger partial charge is 0.305 e. The van der Waals surface area contributed by atoms with Crippen molar-refractivity contribution in [2.45, 2.75) is 25.7 Å². The molecule has 4 heteroatoms. The maximum Gasteiger partial charge on any atom is 3.00 e. The molecule has 0 aliphatic carbocycles. The van der Waals surface area contributed by atoms with Gasteiger partial charge in [0.05, 0.1) is 0 Å². The van der Waals surface area contributed by atoms with Crippen LogP contribution >= 0.6 is 0 Å². The van der Waals surface area contributed by atoms with E-state index in [0.717, 1.165) is 59.5 Å². The fraction of sp³-hybridized carbons (Fsp3) is 0.0930. The molecule has 230 valence electrons. The van der Waals surface area contributed by atoms with Crippen LogP contribution in [0, 0.1) is 18.2 Å². The zero-order valence-corrected chi connectivity index (χ0v) is 28.4. The molecule has 0 saturated heterocycles. The molecule has 0 fully saturated rings. The summed E-state index contributed by atoms with van der Waals surface area (Å²) in [4.78, 5) is 13.3. The summed E-state index contributed by atoms with van der Waals surface area (Å²) in [6.07, 6.45) is 9.62. The quantitative estimate of drug-likeness (QED) is 0.137. The standard InChI is InChI=1S/C32H26N2.C11H8N.Ir/c1-2-11-29(12-3-1)32-20-19-28(24-34-32)18-17-26-9-6-8-25(22-26)15-16-27-10-7-13-30(23-27)31-14-4-5-21-33-31;1-2-6-10(7-3-1)11-8-4-5-9-12-11;/h1-11,14,19-24H,15-18H2;1-6,8-9H;/q-2;-1;+3. The number of hydrogen-bond donors (Lipinski definition) is 0. The van der Waals surface area contributed by atoms with Crippen molar-refractivity contribution in [1.82, 2.24) is 15.0 Å². The molecule has 7 aromatic rings. The molecular weight excluding hydrogens is 751 g/mol. The molecule has 0 N–H and O–H groups in total. The molecule has 0 amide bonds. The molecule has 3 aromatic heterocycles. The Morgan fingerprint density at radius 1 is 0.383 bits per heavy atom. The number of aromatic nitrogens is 3. The minimum atomic E-state index is 0. The summed E-state index contributed by atoms with van der Waals surface area (Å²) in [5.41, 5.74) is 11.3. The fourth-order valence-corrected chi connectivity index (χ4v) is 5.22. The van der Waals surface area contributed by atoms with Gasteiger partial charge in [0.2, 0.25) is 0 Å². The predicted molar refractivity (Wildman–Crippen MR) is 187 cm³/mol. The number of nitrogens with zero attached hydrogens (tertiary/aromatic N) is 3. The van der Waals surface area contributed by atoms with Crippen LogP contribution < -0.4 is 0 Å². The van der Waals surface area contributed by atoms with Gasteiger partial charge in [-0.25, -0.2) is 0 Å². The first-order valence-corrected chi connectivity index (χ1v) is 15.6. The zero-order chi connectivity index (χ0) is 31.2. The van der Waals surface area contributed by atoms with Crippen molar-refractivity contribution in [1.29, 1.82) is 0 Å². The summed E-state index contributed by atoms with van der Waals surface area (Å²) >= 11 is 0. The molecular formula is C43H34IrN3. The third-order valence-corrected chi connectivity index (χ3v) is 7.66. The molecule has 47 heavy (non-hydrogen) atoms. The molecule has 0 bridgehead atoms. The van der Waals surface area contributed by atoms with Gasteiger partial charge in [-0.1, -0.05) is 60.7 Å². The van der Waals surface area contributed by atoms with Crippen molar-refractivity contribution in [3.05, 3.63) is 199 Å². The van der Waals surface area contributed by atoms with E-state index >= 15 is 0 Å². The maximum atomic E-state index is 4.63. The van der Waals surface area contributed by atoms with E-state index in [1.54, 1.807) is 6.20 Å². The van der Waals surface area contributed by atoms with Gasteiger partial charge in [-0.2, -0.15) is 0 Å². The van der Waals surface area contributed by atoms with Crippen LogP contribution in [0.5, 0.6) is 0 Å². The molecule has 3 nitrogen and oxygen atoms in total. The number of rotatable bonds is 9. The van der Waals surface area contributed by atoms with Gasteiger partial charge < -0.3 is 15.0 Å². The topological polar surface area (TPSA) is 38.7 Å². The minimum Gasteiger partial charge on any atom is -0.305 e. The molecule has 7 rings (SSSR count). The van der Waals surface area contributed by atoms with Crippen LogP contribution in [0.2, 0.25) is 0 Å². The largest absolute Gasteiger partial charge is 3.00 e. The molecule has 0 saturated carbocycles. The van der Waals surface area contributed by atoms with Gasteiger partial charge in [0.1, 0.15) is 0 Å². The third kappa shape index (κ3) is 9.98. The predicted octanol–water partition coefficient (Wildman–Crippen LogP) is 9.53. The van der Waals surface area contributed by atoms with E-state index in [1.807, 2.05) is 103 Å². The molecule has 0 aliphatic heterocycles. The molecule has 0 aliphatic rings. The second kappa shape index (κ2) is 17.6. The van der Waals surface area contributed by atoms with E-state index in [1.165, 1.54) is 22.3 Å². The van der Waals surface area contributed by atoms with E-state index in [2.05, 4.69) is 81.7 Å². The van der Waals surface area contributed by atoms with E-state index < -0.39 is 0 Å². The Morgan fingerprint density at radius 2 is 0.915 bits per heavy atom. The molecule has 4 aromatic carbocycles. The van der Waals surface area contributed by atoms with Gasteiger partial charge in [-0.15, -0.1) is 107 Å². The average Bonchev–Trinajstić information content (AvgIpc) is 3.15. The summed E-state index contributed by atoms with van der Waals surface area (Å²) in [5.74, 6) is 0. The van der Waals surface area contributed by atoms with Gasteiger partial charge >= 0.3 is 20.1 Å². The van der Waals surface area contributed by atoms with Gasteiger partial charge in [0.15, 0.2) is 0 Å². The molecule has 0 unspecified atom stereocenters. The first kappa shape index (κ1) is 33.3. The van der Waals surface area contributed by atoms with Crippen LogP contribution in [0.25, 0.3) is 33.8 Å². The summed E-state index contributed by atoms with van der Waals surface area (Å²) in [6, 6.07) is 56.9. The summed E-state index contributed by atoms with van der Waals surface area (Å²) in [6.45, 7) is 0. The number of hydrogen-bond acceptors (Lipinski definition) is 3. The van der Waals surface area contributed by atoms with Crippen molar-refractivity contribution < 1.29 is 20.1 Å². The number of benzene rings is 4. The Bertz CT molecular complexity index is 1870. The molecule has 0 radical (unpaired) electrons. The van der Waals surface area contributed by atoms with Crippen molar-refractivity contribution in [2.75, 3.05) is 0 Å².